The lowest BCUT2D eigenvalue weighted by molar-refractivity contribution is -0.139. The third kappa shape index (κ3) is 3.23. The Hall–Kier alpha value is -1.30. The first-order valence-corrected chi connectivity index (χ1v) is 7.15. The first kappa shape index (κ1) is 16.8. The standard InChI is InChI=1S/C14H27N3O3/c1-6-20-10-7-9(14(10,4)5)16-13(18)11(8(2)3)12(15)17-19/h8-11,19H,6-7H2,1-5H3,(H2,15,17)(H,16,18). The topological polar surface area (TPSA) is 96.9 Å². The van der Waals surface area contributed by atoms with Crippen LogP contribution in [-0.4, -0.2) is 35.7 Å². The van der Waals surface area contributed by atoms with E-state index in [0.717, 1.165) is 6.42 Å². The second kappa shape index (κ2) is 6.43. The zero-order chi connectivity index (χ0) is 15.5. The van der Waals surface area contributed by atoms with Crippen LogP contribution in [0.25, 0.3) is 0 Å². The molecule has 0 aromatic heterocycles. The summed E-state index contributed by atoms with van der Waals surface area (Å²) in [6, 6.07) is 0.0549. The number of nitrogens with one attached hydrogen (secondary N) is 1. The lowest BCUT2D eigenvalue weighted by Crippen LogP contribution is -2.63. The second-order valence-electron chi connectivity index (χ2n) is 6.31. The van der Waals surface area contributed by atoms with Crippen molar-refractivity contribution in [1.29, 1.82) is 0 Å². The SMILES string of the molecule is CCOC1CC(NC(=O)C(C(N)=NO)C(C)C)C1(C)C. The lowest BCUT2D eigenvalue weighted by atomic mass is 9.64. The molecule has 1 saturated carbocycles. The van der Waals surface area contributed by atoms with Gasteiger partial charge < -0.3 is 21.0 Å². The van der Waals surface area contributed by atoms with Crippen molar-refractivity contribution in [3.05, 3.63) is 0 Å². The fourth-order valence-corrected chi connectivity index (χ4v) is 2.72. The van der Waals surface area contributed by atoms with E-state index in [2.05, 4.69) is 24.3 Å². The van der Waals surface area contributed by atoms with Gasteiger partial charge in [0.05, 0.1) is 6.10 Å². The Bertz CT molecular complexity index is 380. The zero-order valence-corrected chi connectivity index (χ0v) is 13.0. The molecule has 3 unspecified atom stereocenters. The number of carbonyl (C=O) groups excluding carboxylic acids is 1. The monoisotopic (exact) mass is 285 g/mol. The van der Waals surface area contributed by atoms with Gasteiger partial charge in [0.25, 0.3) is 0 Å². The maximum Gasteiger partial charge on any atom is 0.231 e. The van der Waals surface area contributed by atoms with E-state index in [-0.39, 0.29) is 35.2 Å². The number of hydrogen-bond donors (Lipinski definition) is 3. The number of carbonyl (C=O) groups is 1. The Balaban J connectivity index is 2.67. The van der Waals surface area contributed by atoms with Crippen LogP contribution >= 0.6 is 0 Å². The molecule has 0 saturated heterocycles. The number of oxime groups is 1. The van der Waals surface area contributed by atoms with Crippen LogP contribution in [0.2, 0.25) is 0 Å². The van der Waals surface area contributed by atoms with Crippen molar-refractivity contribution in [2.75, 3.05) is 6.61 Å². The number of nitrogens with zero attached hydrogens (tertiary/aromatic N) is 1. The molecule has 1 aliphatic carbocycles. The minimum Gasteiger partial charge on any atom is -0.409 e. The van der Waals surface area contributed by atoms with Crippen molar-refractivity contribution in [2.45, 2.75) is 53.2 Å². The van der Waals surface area contributed by atoms with Crippen LogP contribution in [0.5, 0.6) is 0 Å². The summed E-state index contributed by atoms with van der Waals surface area (Å²) in [7, 11) is 0. The molecule has 3 atom stereocenters. The van der Waals surface area contributed by atoms with Gasteiger partial charge in [0, 0.05) is 18.1 Å². The van der Waals surface area contributed by atoms with Gasteiger partial charge >= 0.3 is 0 Å². The fraction of sp³-hybridized carbons (Fsp3) is 0.857. The van der Waals surface area contributed by atoms with Crippen LogP contribution in [0.1, 0.15) is 41.0 Å². The molecule has 0 spiro atoms. The van der Waals surface area contributed by atoms with Gasteiger partial charge in [-0.25, -0.2) is 0 Å². The van der Waals surface area contributed by atoms with Gasteiger partial charge in [-0.3, -0.25) is 4.79 Å². The predicted molar refractivity (Wildman–Crippen MR) is 77.5 cm³/mol. The Morgan fingerprint density at radius 2 is 2.15 bits per heavy atom. The molecule has 0 aliphatic heterocycles. The molecule has 0 radical (unpaired) electrons. The van der Waals surface area contributed by atoms with Crippen molar-refractivity contribution in [2.24, 2.45) is 28.1 Å². The molecule has 0 aromatic rings. The minimum absolute atomic E-state index is 0.0308. The summed E-state index contributed by atoms with van der Waals surface area (Å²) in [5, 5.41) is 14.8. The number of nitrogens with two attached hydrogens (primary N) is 1. The van der Waals surface area contributed by atoms with Crippen LogP contribution in [0.15, 0.2) is 5.16 Å². The molecule has 1 aliphatic rings. The maximum atomic E-state index is 12.3. The molecule has 1 fully saturated rings. The molecule has 4 N–H and O–H groups in total. The highest BCUT2D eigenvalue weighted by molar-refractivity contribution is 6.02. The summed E-state index contributed by atoms with van der Waals surface area (Å²) in [5.41, 5.74) is 5.51. The second-order valence-corrected chi connectivity index (χ2v) is 6.31. The molecule has 6 nitrogen and oxygen atoms in total. The summed E-state index contributed by atoms with van der Waals surface area (Å²) in [6.45, 7) is 10.5. The highest BCUT2D eigenvalue weighted by atomic mass is 16.5. The van der Waals surface area contributed by atoms with Crippen molar-refractivity contribution in [1.82, 2.24) is 5.32 Å². The van der Waals surface area contributed by atoms with Crippen LogP contribution in [0, 0.1) is 17.3 Å². The molecular weight excluding hydrogens is 258 g/mol. The molecule has 6 heteroatoms. The Kier molecular flexibility index (Phi) is 5.39. The average molecular weight is 285 g/mol. The summed E-state index contributed by atoms with van der Waals surface area (Å²) in [4.78, 5) is 12.3. The number of amidine groups is 1. The first-order chi connectivity index (χ1) is 9.25. The quantitative estimate of drug-likeness (QED) is 0.297. The van der Waals surface area contributed by atoms with E-state index in [1.165, 1.54) is 0 Å². The molecule has 0 heterocycles. The number of amides is 1. The van der Waals surface area contributed by atoms with Gasteiger partial charge in [-0.15, -0.1) is 0 Å². The van der Waals surface area contributed by atoms with Crippen LogP contribution in [0.4, 0.5) is 0 Å². The smallest absolute Gasteiger partial charge is 0.231 e. The molecule has 116 valence electrons. The van der Waals surface area contributed by atoms with Crippen molar-refractivity contribution < 1.29 is 14.7 Å². The third-order valence-electron chi connectivity index (χ3n) is 4.25. The summed E-state index contributed by atoms with van der Waals surface area (Å²) >= 11 is 0. The largest absolute Gasteiger partial charge is 0.409 e. The third-order valence-corrected chi connectivity index (χ3v) is 4.25. The number of rotatable bonds is 6. The van der Waals surface area contributed by atoms with Crippen LogP contribution < -0.4 is 11.1 Å². The van der Waals surface area contributed by atoms with E-state index >= 15 is 0 Å². The van der Waals surface area contributed by atoms with E-state index in [9.17, 15) is 4.79 Å². The lowest BCUT2D eigenvalue weighted by Gasteiger charge is -2.51. The molecule has 0 bridgehead atoms. The van der Waals surface area contributed by atoms with Crippen molar-refractivity contribution >= 4 is 11.7 Å². The summed E-state index contributed by atoms with van der Waals surface area (Å²) in [6.07, 6.45) is 0.965. The number of ether oxygens (including phenoxy) is 1. The molecule has 0 aromatic carbocycles. The van der Waals surface area contributed by atoms with Crippen molar-refractivity contribution in [3.8, 4) is 0 Å². The molecule has 20 heavy (non-hydrogen) atoms. The Labute approximate surface area is 120 Å². The van der Waals surface area contributed by atoms with E-state index in [1.807, 2.05) is 20.8 Å². The zero-order valence-electron chi connectivity index (χ0n) is 13.0. The van der Waals surface area contributed by atoms with Crippen LogP contribution in [-0.2, 0) is 9.53 Å². The summed E-state index contributed by atoms with van der Waals surface area (Å²) in [5.74, 6) is -0.877. The van der Waals surface area contributed by atoms with Gasteiger partial charge in [-0.05, 0) is 19.3 Å². The average Bonchev–Trinajstić information content (AvgIpc) is 2.37. The van der Waals surface area contributed by atoms with Gasteiger partial charge in [0.2, 0.25) is 5.91 Å². The summed E-state index contributed by atoms with van der Waals surface area (Å²) < 4.78 is 5.64. The van der Waals surface area contributed by atoms with Gasteiger partial charge in [-0.2, -0.15) is 0 Å². The van der Waals surface area contributed by atoms with Gasteiger partial charge in [0.1, 0.15) is 5.92 Å². The van der Waals surface area contributed by atoms with E-state index in [4.69, 9.17) is 15.7 Å². The number of hydrogen-bond acceptors (Lipinski definition) is 4. The fourth-order valence-electron chi connectivity index (χ4n) is 2.72. The Morgan fingerprint density at radius 3 is 2.55 bits per heavy atom. The molecule has 1 rings (SSSR count). The first-order valence-electron chi connectivity index (χ1n) is 7.15. The highest BCUT2D eigenvalue weighted by Crippen LogP contribution is 2.42. The molecular formula is C14H27N3O3. The van der Waals surface area contributed by atoms with E-state index < -0.39 is 5.92 Å². The predicted octanol–water partition coefficient (Wildman–Crippen LogP) is 1.32. The normalized spacial score (nSPS) is 27.0. The Morgan fingerprint density at radius 1 is 1.55 bits per heavy atom. The molecule has 1 amide bonds. The van der Waals surface area contributed by atoms with E-state index in [1.54, 1.807) is 0 Å². The van der Waals surface area contributed by atoms with Crippen LogP contribution in [0.3, 0.4) is 0 Å². The highest BCUT2D eigenvalue weighted by Gasteiger charge is 2.50. The minimum atomic E-state index is -0.609. The van der Waals surface area contributed by atoms with Crippen molar-refractivity contribution in [3.63, 3.8) is 0 Å². The van der Waals surface area contributed by atoms with E-state index in [0.29, 0.717) is 6.61 Å². The van der Waals surface area contributed by atoms with Gasteiger partial charge in [0.15, 0.2) is 5.84 Å². The van der Waals surface area contributed by atoms with Gasteiger partial charge in [-0.1, -0.05) is 32.9 Å². The maximum absolute atomic E-state index is 12.3.